The maximum atomic E-state index is 11.7. The van der Waals surface area contributed by atoms with Crippen LogP contribution in [-0.4, -0.2) is 53.6 Å². The highest BCUT2D eigenvalue weighted by atomic mass is 79.9. The Hall–Kier alpha value is -2.38. The molecule has 2 aromatic carbocycles. The van der Waals surface area contributed by atoms with Gasteiger partial charge in [0.25, 0.3) is 0 Å². The van der Waals surface area contributed by atoms with Crippen LogP contribution in [0.15, 0.2) is 42.5 Å². The number of aromatic carboxylic acids is 1. The molecule has 6 nitrogen and oxygen atoms in total. The van der Waals surface area contributed by atoms with Crippen molar-refractivity contribution in [3.8, 4) is 5.75 Å². The predicted molar refractivity (Wildman–Crippen MR) is 147 cm³/mol. The number of alkyl halides is 1. The van der Waals surface area contributed by atoms with Crippen molar-refractivity contribution in [1.82, 2.24) is 4.90 Å². The number of nitrogens with zero attached hydrogens (tertiary/aromatic N) is 1. The third-order valence-corrected chi connectivity index (χ3v) is 6.60. The molecular weight excluding hydrogens is 522 g/mol. The number of para-hydroxylation sites is 1. The Labute approximate surface area is 224 Å². The Morgan fingerprint density at radius 2 is 1.81 bits per heavy atom. The largest absolute Gasteiger partial charge is 0.493 e. The Morgan fingerprint density at radius 3 is 2.53 bits per heavy atom. The van der Waals surface area contributed by atoms with Gasteiger partial charge in [0.15, 0.2) is 0 Å². The summed E-state index contributed by atoms with van der Waals surface area (Å²) in [7, 11) is 0. The first kappa shape index (κ1) is 29.8. The number of rotatable bonds is 18. The maximum absolute atomic E-state index is 11.7. The summed E-state index contributed by atoms with van der Waals surface area (Å²) in [6, 6.07) is 13.8. The molecule has 0 saturated carbocycles. The van der Waals surface area contributed by atoms with Gasteiger partial charge in [0, 0.05) is 24.8 Å². The minimum Gasteiger partial charge on any atom is -0.493 e. The normalized spacial score (nSPS) is 11.0. The molecule has 0 aliphatic carbocycles. The van der Waals surface area contributed by atoms with E-state index >= 15 is 0 Å². The Bertz CT molecular complexity index is 949. The molecular formula is C29H40BrNO5. The zero-order valence-corrected chi connectivity index (χ0v) is 23.2. The second-order valence-electron chi connectivity index (χ2n) is 8.95. The molecule has 0 amide bonds. The fourth-order valence-corrected chi connectivity index (χ4v) is 4.51. The van der Waals surface area contributed by atoms with Crippen LogP contribution in [0.3, 0.4) is 0 Å². The highest BCUT2D eigenvalue weighted by Crippen LogP contribution is 2.21. The van der Waals surface area contributed by atoms with E-state index in [0.717, 1.165) is 87.0 Å². The van der Waals surface area contributed by atoms with Crippen molar-refractivity contribution in [2.45, 2.75) is 65.3 Å². The average Bonchev–Trinajstić information content (AvgIpc) is 2.85. The fourth-order valence-electron chi connectivity index (χ4n) is 4.12. The molecule has 2 aromatic rings. The van der Waals surface area contributed by atoms with E-state index in [1.54, 1.807) is 6.07 Å². The minimum atomic E-state index is -0.904. The number of unbranched alkanes of at least 4 members (excludes halogenated alkanes) is 3. The molecule has 36 heavy (non-hydrogen) atoms. The van der Waals surface area contributed by atoms with Crippen LogP contribution in [0.2, 0.25) is 0 Å². The number of aryl methyl sites for hydroxylation is 1. The lowest BCUT2D eigenvalue weighted by molar-refractivity contribution is -0.143. The summed E-state index contributed by atoms with van der Waals surface area (Å²) in [4.78, 5) is 25.5. The number of benzene rings is 2. The SMILES string of the molecule is CCOC(=O)CCCCN(CCc1ccccc1OCCCCCBr)Cc1ccc(C(=O)O)c(C)c1. The molecule has 198 valence electrons. The predicted octanol–water partition coefficient (Wildman–Crippen LogP) is 6.42. The molecule has 0 saturated heterocycles. The van der Waals surface area contributed by atoms with Crippen molar-refractivity contribution in [1.29, 1.82) is 0 Å². The summed E-state index contributed by atoms with van der Waals surface area (Å²) in [6.45, 7) is 7.18. The molecule has 7 heteroatoms. The number of carbonyl (C=O) groups is 2. The number of hydrogen-bond acceptors (Lipinski definition) is 5. The van der Waals surface area contributed by atoms with Gasteiger partial charge in [-0.2, -0.15) is 0 Å². The van der Waals surface area contributed by atoms with E-state index < -0.39 is 5.97 Å². The van der Waals surface area contributed by atoms with Crippen LogP contribution >= 0.6 is 15.9 Å². The fraction of sp³-hybridized carbons (Fsp3) is 0.517. The van der Waals surface area contributed by atoms with E-state index in [1.807, 2.05) is 44.2 Å². The van der Waals surface area contributed by atoms with E-state index in [4.69, 9.17) is 9.47 Å². The highest BCUT2D eigenvalue weighted by Gasteiger charge is 2.13. The lowest BCUT2D eigenvalue weighted by Crippen LogP contribution is -2.27. The Morgan fingerprint density at radius 1 is 1.00 bits per heavy atom. The molecule has 0 spiro atoms. The van der Waals surface area contributed by atoms with Gasteiger partial charge < -0.3 is 14.6 Å². The van der Waals surface area contributed by atoms with E-state index in [0.29, 0.717) is 18.6 Å². The van der Waals surface area contributed by atoms with E-state index in [1.165, 1.54) is 5.56 Å². The lowest BCUT2D eigenvalue weighted by atomic mass is 10.0. The Kier molecular flexibility index (Phi) is 14.2. The maximum Gasteiger partial charge on any atom is 0.335 e. The number of ether oxygens (including phenoxy) is 2. The number of hydrogen-bond donors (Lipinski definition) is 1. The number of carboxylic acids is 1. The summed E-state index contributed by atoms with van der Waals surface area (Å²) in [5, 5.41) is 10.4. The van der Waals surface area contributed by atoms with E-state index in [2.05, 4.69) is 26.9 Å². The average molecular weight is 563 g/mol. The topological polar surface area (TPSA) is 76.1 Å². The summed E-state index contributed by atoms with van der Waals surface area (Å²) >= 11 is 3.47. The molecule has 0 radical (unpaired) electrons. The third-order valence-electron chi connectivity index (χ3n) is 6.04. The van der Waals surface area contributed by atoms with Crippen molar-refractivity contribution >= 4 is 27.9 Å². The van der Waals surface area contributed by atoms with Crippen molar-refractivity contribution in [2.75, 3.05) is 31.6 Å². The van der Waals surface area contributed by atoms with E-state index in [9.17, 15) is 14.7 Å². The van der Waals surface area contributed by atoms with Crippen LogP contribution in [-0.2, 0) is 22.5 Å². The first-order chi connectivity index (χ1) is 17.4. The third kappa shape index (κ3) is 11.1. The van der Waals surface area contributed by atoms with Crippen LogP contribution in [0.5, 0.6) is 5.75 Å². The molecule has 0 bridgehead atoms. The highest BCUT2D eigenvalue weighted by molar-refractivity contribution is 9.09. The van der Waals surface area contributed by atoms with Gasteiger partial charge in [0.1, 0.15) is 5.75 Å². The summed E-state index contributed by atoms with van der Waals surface area (Å²) in [6.07, 6.45) is 6.28. The molecule has 0 aromatic heterocycles. The molecule has 0 heterocycles. The summed E-state index contributed by atoms with van der Waals surface area (Å²) in [5.74, 6) is -0.106. The van der Waals surface area contributed by atoms with Gasteiger partial charge in [-0.25, -0.2) is 4.79 Å². The van der Waals surface area contributed by atoms with Gasteiger partial charge in [-0.1, -0.05) is 46.3 Å². The van der Waals surface area contributed by atoms with Crippen LogP contribution in [0.25, 0.3) is 0 Å². The second kappa shape index (κ2) is 17.1. The van der Waals surface area contributed by atoms with Crippen molar-refractivity contribution in [3.05, 3.63) is 64.7 Å². The quantitative estimate of drug-likeness (QED) is 0.129. The molecule has 1 N–H and O–H groups in total. The molecule has 0 atom stereocenters. The van der Waals surface area contributed by atoms with Crippen LogP contribution in [0.4, 0.5) is 0 Å². The minimum absolute atomic E-state index is 0.147. The van der Waals surface area contributed by atoms with Crippen molar-refractivity contribution < 1.29 is 24.2 Å². The summed E-state index contributed by atoms with van der Waals surface area (Å²) < 4.78 is 11.1. The Balaban J connectivity index is 2.01. The van der Waals surface area contributed by atoms with Gasteiger partial charge >= 0.3 is 11.9 Å². The van der Waals surface area contributed by atoms with Crippen LogP contribution in [0, 0.1) is 6.92 Å². The van der Waals surface area contributed by atoms with Gasteiger partial charge in [-0.3, -0.25) is 9.69 Å². The smallest absolute Gasteiger partial charge is 0.335 e. The number of carboxylic acid groups (broad SMARTS) is 1. The first-order valence-electron chi connectivity index (χ1n) is 12.9. The van der Waals surface area contributed by atoms with Gasteiger partial charge in [-0.05, 0) is 87.7 Å². The zero-order valence-electron chi connectivity index (χ0n) is 21.6. The monoisotopic (exact) mass is 561 g/mol. The molecule has 0 aliphatic rings. The zero-order chi connectivity index (χ0) is 26.2. The van der Waals surface area contributed by atoms with Gasteiger partial charge in [0.05, 0.1) is 18.8 Å². The molecule has 2 rings (SSSR count). The van der Waals surface area contributed by atoms with Gasteiger partial charge in [0.2, 0.25) is 0 Å². The van der Waals surface area contributed by atoms with Crippen molar-refractivity contribution in [2.24, 2.45) is 0 Å². The number of halogens is 1. The number of carbonyl (C=O) groups excluding carboxylic acids is 1. The lowest BCUT2D eigenvalue weighted by Gasteiger charge is -2.23. The first-order valence-corrected chi connectivity index (χ1v) is 14.0. The van der Waals surface area contributed by atoms with E-state index in [-0.39, 0.29) is 5.97 Å². The number of esters is 1. The standard InChI is InChI=1S/C29H40BrNO5/c1-3-35-28(32)13-7-9-18-31(22-24-14-15-26(29(33)34)23(2)21-24)19-16-25-11-5-6-12-27(25)36-20-10-4-8-17-30/h5-6,11-12,14-15,21H,3-4,7-10,13,16-20,22H2,1-2H3,(H,33,34). The summed E-state index contributed by atoms with van der Waals surface area (Å²) in [5.41, 5.74) is 3.37. The van der Waals surface area contributed by atoms with Gasteiger partial charge in [-0.15, -0.1) is 0 Å². The molecule has 0 unspecified atom stereocenters. The molecule has 0 aliphatic heterocycles. The van der Waals surface area contributed by atoms with Crippen molar-refractivity contribution in [3.63, 3.8) is 0 Å². The van der Waals surface area contributed by atoms with Crippen LogP contribution in [0.1, 0.15) is 72.5 Å². The molecule has 0 fully saturated rings. The second-order valence-corrected chi connectivity index (χ2v) is 9.74. The van der Waals surface area contributed by atoms with Crippen LogP contribution < -0.4 is 4.74 Å².